The lowest BCUT2D eigenvalue weighted by molar-refractivity contribution is -0.177. The van der Waals surface area contributed by atoms with Crippen LogP contribution in [-0.2, 0) is 11.2 Å². The van der Waals surface area contributed by atoms with E-state index in [1.807, 2.05) is 24.3 Å². The molecule has 3 aliphatic rings. The number of aliphatic hydroxyl groups excluding tert-OH is 1. The van der Waals surface area contributed by atoms with Gasteiger partial charge in [-0.05, 0) is 66.8 Å². The standard InChI is InChI=1S/C29H36O6/c1-3-4-5-6-18-13-16(8-12-23(18)30)17-7-9-20-25(14-17)35-28-21(26(20)32)11-10-19-22(28)15-24(31)27(33)29(19)34-2/h8,10-13,15,17,20-21,25-26,28,30-33H,3-7,9,14H2,1-2H3/t17-,20-,21+,25+,26-,28+/m1/s1. The van der Waals surface area contributed by atoms with E-state index in [1.165, 1.54) is 18.7 Å². The van der Waals surface area contributed by atoms with Gasteiger partial charge in [0, 0.05) is 17.4 Å². The minimum Gasteiger partial charge on any atom is -0.508 e. The summed E-state index contributed by atoms with van der Waals surface area (Å²) in [6.07, 6.45) is 9.60. The monoisotopic (exact) mass is 480 g/mol. The molecule has 1 heterocycles. The quantitative estimate of drug-likeness (QED) is 0.319. The number of aromatic hydroxyl groups is 3. The number of hydrogen-bond acceptors (Lipinski definition) is 6. The van der Waals surface area contributed by atoms with Gasteiger partial charge < -0.3 is 29.9 Å². The van der Waals surface area contributed by atoms with Crippen LogP contribution >= 0.6 is 0 Å². The third-order valence-electron chi connectivity index (χ3n) is 8.27. The first-order valence-electron chi connectivity index (χ1n) is 12.9. The normalized spacial score (nSPS) is 29.2. The van der Waals surface area contributed by atoms with Crippen LogP contribution in [0.2, 0.25) is 0 Å². The molecule has 0 radical (unpaired) electrons. The molecule has 0 bridgehead atoms. The average Bonchev–Trinajstić information content (AvgIpc) is 2.86. The van der Waals surface area contributed by atoms with E-state index in [0.29, 0.717) is 17.2 Å². The van der Waals surface area contributed by atoms with Gasteiger partial charge in [0.15, 0.2) is 11.5 Å². The molecule has 0 aromatic heterocycles. The van der Waals surface area contributed by atoms with Crippen LogP contribution in [0.3, 0.4) is 0 Å². The lowest BCUT2D eigenvalue weighted by atomic mass is 9.67. The van der Waals surface area contributed by atoms with Gasteiger partial charge >= 0.3 is 0 Å². The summed E-state index contributed by atoms with van der Waals surface area (Å²) in [5, 5.41) is 42.2. The fourth-order valence-corrected chi connectivity index (χ4v) is 6.36. The largest absolute Gasteiger partial charge is 0.508 e. The molecule has 188 valence electrons. The van der Waals surface area contributed by atoms with Gasteiger partial charge in [0.25, 0.3) is 0 Å². The number of ether oxygens (including phenoxy) is 2. The Morgan fingerprint density at radius 1 is 1.06 bits per heavy atom. The van der Waals surface area contributed by atoms with Gasteiger partial charge in [0.05, 0.1) is 25.4 Å². The topological polar surface area (TPSA) is 99.4 Å². The van der Waals surface area contributed by atoms with Gasteiger partial charge in [-0.1, -0.05) is 44.1 Å². The van der Waals surface area contributed by atoms with Crippen molar-refractivity contribution in [2.24, 2.45) is 11.8 Å². The number of benzene rings is 2. The van der Waals surface area contributed by atoms with Crippen molar-refractivity contribution in [2.75, 3.05) is 7.11 Å². The summed E-state index contributed by atoms with van der Waals surface area (Å²) in [6.45, 7) is 2.18. The molecule has 4 N–H and O–H groups in total. The molecule has 6 nitrogen and oxygen atoms in total. The number of hydrogen-bond donors (Lipinski definition) is 4. The molecule has 5 rings (SSSR count). The highest BCUT2D eigenvalue weighted by Gasteiger charge is 2.48. The van der Waals surface area contributed by atoms with E-state index in [-0.39, 0.29) is 35.2 Å². The Balaban J connectivity index is 1.39. The van der Waals surface area contributed by atoms with Gasteiger partial charge in [-0.25, -0.2) is 0 Å². The molecule has 0 amide bonds. The summed E-state index contributed by atoms with van der Waals surface area (Å²) >= 11 is 0. The highest BCUT2D eigenvalue weighted by atomic mass is 16.5. The molecule has 1 saturated heterocycles. The first-order chi connectivity index (χ1) is 16.9. The van der Waals surface area contributed by atoms with Crippen molar-refractivity contribution in [3.05, 3.63) is 52.6 Å². The smallest absolute Gasteiger partial charge is 0.201 e. The number of methoxy groups -OCH3 is 1. The van der Waals surface area contributed by atoms with Crippen LogP contribution in [0.25, 0.3) is 6.08 Å². The lowest BCUT2D eigenvalue weighted by Crippen LogP contribution is -2.49. The van der Waals surface area contributed by atoms with E-state index in [2.05, 4.69) is 13.0 Å². The Hall–Kier alpha value is -2.70. The van der Waals surface area contributed by atoms with E-state index in [4.69, 9.17) is 9.47 Å². The average molecular weight is 481 g/mol. The molecule has 0 unspecified atom stereocenters. The maximum absolute atomic E-state index is 11.3. The Morgan fingerprint density at radius 3 is 2.66 bits per heavy atom. The van der Waals surface area contributed by atoms with Crippen molar-refractivity contribution >= 4 is 6.08 Å². The summed E-state index contributed by atoms with van der Waals surface area (Å²) in [5.41, 5.74) is 3.64. The summed E-state index contributed by atoms with van der Waals surface area (Å²) < 4.78 is 12.0. The second-order valence-corrected chi connectivity index (χ2v) is 10.3. The fraction of sp³-hybridized carbons (Fsp3) is 0.517. The Morgan fingerprint density at radius 2 is 1.89 bits per heavy atom. The molecule has 1 aliphatic heterocycles. The number of phenols is 3. The van der Waals surface area contributed by atoms with Gasteiger partial charge in [-0.15, -0.1) is 0 Å². The van der Waals surface area contributed by atoms with Gasteiger partial charge in [-0.2, -0.15) is 0 Å². The second kappa shape index (κ2) is 9.75. The van der Waals surface area contributed by atoms with Crippen LogP contribution in [0.1, 0.15) is 79.7 Å². The van der Waals surface area contributed by atoms with Crippen molar-refractivity contribution in [3.63, 3.8) is 0 Å². The van der Waals surface area contributed by atoms with Crippen molar-refractivity contribution < 1.29 is 29.9 Å². The Labute approximate surface area is 206 Å². The molecule has 2 aromatic carbocycles. The number of aliphatic hydroxyl groups is 1. The van der Waals surface area contributed by atoms with Gasteiger partial charge in [0.2, 0.25) is 5.75 Å². The van der Waals surface area contributed by atoms with Gasteiger partial charge in [-0.3, -0.25) is 0 Å². The van der Waals surface area contributed by atoms with Crippen LogP contribution in [0.4, 0.5) is 0 Å². The molecule has 2 aliphatic carbocycles. The molecule has 2 aromatic rings. The molecule has 2 fully saturated rings. The van der Waals surface area contributed by atoms with Crippen molar-refractivity contribution in [2.45, 2.75) is 76.1 Å². The van der Waals surface area contributed by atoms with Crippen LogP contribution in [0.5, 0.6) is 23.0 Å². The van der Waals surface area contributed by atoms with E-state index in [9.17, 15) is 20.4 Å². The summed E-state index contributed by atoms with van der Waals surface area (Å²) in [4.78, 5) is 0. The molecule has 35 heavy (non-hydrogen) atoms. The van der Waals surface area contributed by atoms with Crippen LogP contribution < -0.4 is 4.74 Å². The molecule has 0 spiro atoms. The van der Waals surface area contributed by atoms with Gasteiger partial charge in [0.1, 0.15) is 5.75 Å². The second-order valence-electron chi connectivity index (χ2n) is 10.3. The highest BCUT2D eigenvalue weighted by Crippen LogP contribution is 2.54. The first-order valence-corrected chi connectivity index (χ1v) is 12.9. The zero-order valence-electron chi connectivity index (χ0n) is 20.5. The molecule has 1 saturated carbocycles. The van der Waals surface area contributed by atoms with E-state index < -0.39 is 12.2 Å². The summed E-state index contributed by atoms with van der Waals surface area (Å²) in [5.74, 6) is 0.177. The third kappa shape index (κ3) is 4.27. The molecule has 6 atom stereocenters. The van der Waals surface area contributed by atoms with Crippen molar-refractivity contribution in [3.8, 4) is 23.0 Å². The predicted octanol–water partition coefficient (Wildman–Crippen LogP) is 5.57. The molecule has 6 heteroatoms. The van der Waals surface area contributed by atoms with Crippen molar-refractivity contribution in [1.82, 2.24) is 0 Å². The first kappa shape index (κ1) is 24.0. The van der Waals surface area contributed by atoms with E-state index in [0.717, 1.165) is 56.1 Å². The van der Waals surface area contributed by atoms with E-state index >= 15 is 0 Å². The Bertz CT molecular complexity index is 1110. The van der Waals surface area contributed by atoms with Crippen LogP contribution in [-0.4, -0.2) is 39.7 Å². The molecular weight excluding hydrogens is 444 g/mol. The number of aryl methyl sites for hydroxylation is 1. The predicted molar refractivity (Wildman–Crippen MR) is 134 cm³/mol. The highest BCUT2D eigenvalue weighted by molar-refractivity contribution is 5.71. The number of rotatable bonds is 6. The number of unbranched alkanes of at least 4 members (excludes halogenated alkanes) is 2. The maximum atomic E-state index is 11.3. The van der Waals surface area contributed by atoms with Crippen LogP contribution in [0, 0.1) is 11.8 Å². The SMILES string of the molecule is CCCCCc1cc([C@@H]2CC[C@H]3[C@@H](O)[C@@H]4C=Cc5c(cc(O)c(O)c5OC)[C@H]4O[C@H]3C2)ccc1O. The van der Waals surface area contributed by atoms with E-state index in [1.54, 1.807) is 0 Å². The minimum absolute atomic E-state index is 0.0486. The summed E-state index contributed by atoms with van der Waals surface area (Å²) in [7, 11) is 1.46. The van der Waals surface area contributed by atoms with Crippen LogP contribution in [0.15, 0.2) is 30.3 Å². The third-order valence-corrected chi connectivity index (χ3v) is 8.27. The lowest BCUT2D eigenvalue weighted by Gasteiger charge is -2.49. The minimum atomic E-state index is -0.546. The zero-order chi connectivity index (χ0) is 24.7. The number of phenolic OH excluding ortho intramolecular Hbond substituents is 3. The fourth-order valence-electron chi connectivity index (χ4n) is 6.36. The van der Waals surface area contributed by atoms with Crippen molar-refractivity contribution in [1.29, 1.82) is 0 Å². The number of fused-ring (bicyclic) bond motifs is 4. The molecular formula is C29H36O6. The summed E-state index contributed by atoms with van der Waals surface area (Å²) in [6, 6.07) is 7.53. The Kier molecular flexibility index (Phi) is 6.69. The maximum Gasteiger partial charge on any atom is 0.201 e. The zero-order valence-corrected chi connectivity index (χ0v) is 20.5.